The summed E-state index contributed by atoms with van der Waals surface area (Å²) in [4.78, 5) is 18.1. The van der Waals surface area contributed by atoms with Crippen LogP contribution in [0.3, 0.4) is 0 Å². The number of ether oxygens (including phenoxy) is 2. The van der Waals surface area contributed by atoms with Gasteiger partial charge in [0, 0.05) is 35.0 Å². The number of alkyl halides is 2. The Hall–Kier alpha value is -4.27. The number of halogens is 2. The summed E-state index contributed by atoms with van der Waals surface area (Å²) in [6.45, 7) is 2.97. The lowest BCUT2D eigenvalue weighted by molar-refractivity contribution is -0.0498. The minimum Gasteiger partial charge on any atom is -0.478 e. The lowest BCUT2D eigenvalue weighted by atomic mass is 10.1. The van der Waals surface area contributed by atoms with Crippen LogP contribution in [0.15, 0.2) is 72.2 Å². The smallest absolute Gasteiger partial charge is 0.387 e. The fourth-order valence-electron chi connectivity index (χ4n) is 3.45. The molecule has 3 aromatic heterocycles. The largest absolute Gasteiger partial charge is 0.478 e. The molecule has 3 heterocycles. The summed E-state index contributed by atoms with van der Waals surface area (Å²) in [5.41, 5.74) is 1.57. The van der Waals surface area contributed by atoms with Crippen LogP contribution < -0.4 is 20.5 Å². The van der Waals surface area contributed by atoms with Crippen molar-refractivity contribution in [2.45, 2.75) is 13.5 Å². The highest BCUT2D eigenvalue weighted by Gasteiger charge is 2.16. The zero-order chi connectivity index (χ0) is 23.5. The number of aromatic nitrogens is 3. The van der Waals surface area contributed by atoms with Crippen LogP contribution in [0.1, 0.15) is 6.92 Å². The Bertz CT molecular complexity index is 1440. The van der Waals surface area contributed by atoms with Gasteiger partial charge in [0.2, 0.25) is 5.88 Å². The highest BCUT2D eigenvalue weighted by molar-refractivity contribution is 5.83. The first kappa shape index (κ1) is 21.9. The van der Waals surface area contributed by atoms with Gasteiger partial charge in [-0.05, 0) is 55.5 Å². The third kappa shape index (κ3) is 4.38. The predicted molar refractivity (Wildman–Crippen MR) is 121 cm³/mol. The molecule has 0 saturated heterocycles. The summed E-state index contributed by atoms with van der Waals surface area (Å²) in [7, 11) is 0. The SMILES string of the molecule is C=Cn1cc(-c2cc3ccc(OCC)nc3n(-c3ccc(OC(F)F)cc3)c2=O)ccc1=N. The van der Waals surface area contributed by atoms with E-state index in [1.54, 1.807) is 36.5 Å². The van der Waals surface area contributed by atoms with Gasteiger partial charge in [-0.1, -0.05) is 6.58 Å². The van der Waals surface area contributed by atoms with Crippen LogP contribution in [0.5, 0.6) is 11.6 Å². The van der Waals surface area contributed by atoms with Gasteiger partial charge in [0.15, 0.2) is 5.65 Å². The van der Waals surface area contributed by atoms with Crippen LogP contribution >= 0.6 is 0 Å². The van der Waals surface area contributed by atoms with Crippen molar-refractivity contribution in [1.82, 2.24) is 14.1 Å². The van der Waals surface area contributed by atoms with Gasteiger partial charge >= 0.3 is 6.61 Å². The summed E-state index contributed by atoms with van der Waals surface area (Å²) in [6, 6.07) is 14.2. The lowest BCUT2D eigenvalue weighted by Gasteiger charge is -2.15. The number of hydrogen-bond acceptors (Lipinski definition) is 5. The molecule has 7 nitrogen and oxygen atoms in total. The zero-order valence-electron chi connectivity index (χ0n) is 17.7. The second-order valence-electron chi connectivity index (χ2n) is 6.96. The van der Waals surface area contributed by atoms with Crippen molar-refractivity contribution in [1.29, 1.82) is 5.41 Å². The Balaban J connectivity index is 1.98. The Morgan fingerprint density at radius 3 is 2.58 bits per heavy atom. The first-order valence-electron chi connectivity index (χ1n) is 10.1. The molecule has 1 aromatic carbocycles. The van der Waals surface area contributed by atoms with Crippen molar-refractivity contribution in [2.75, 3.05) is 6.61 Å². The van der Waals surface area contributed by atoms with Crippen molar-refractivity contribution in [3.8, 4) is 28.4 Å². The summed E-state index contributed by atoms with van der Waals surface area (Å²) >= 11 is 0. The molecule has 4 aromatic rings. The van der Waals surface area contributed by atoms with E-state index in [1.807, 2.05) is 6.92 Å². The van der Waals surface area contributed by atoms with Crippen LogP contribution in [-0.4, -0.2) is 27.3 Å². The standard InChI is InChI=1S/C24H20F2N4O3/c1-3-29-14-16(5-11-20(29)27)19-13-15-6-12-21(32-4-2)28-22(15)30(23(19)31)17-7-9-18(10-8-17)33-24(25)26/h3,5-14,24,27H,1,4H2,2H3. The molecule has 0 aliphatic carbocycles. The molecule has 0 bridgehead atoms. The van der Waals surface area contributed by atoms with E-state index in [4.69, 9.17) is 10.1 Å². The molecule has 9 heteroatoms. The molecule has 168 valence electrons. The minimum atomic E-state index is -2.95. The molecule has 0 atom stereocenters. The monoisotopic (exact) mass is 450 g/mol. The Labute approximate surface area is 187 Å². The molecule has 0 unspecified atom stereocenters. The summed E-state index contributed by atoms with van der Waals surface area (Å²) in [5, 5.41) is 8.61. The van der Waals surface area contributed by atoms with Crippen LogP contribution in [0.2, 0.25) is 0 Å². The van der Waals surface area contributed by atoms with Crippen LogP contribution in [0.25, 0.3) is 34.0 Å². The fraction of sp³-hybridized carbons (Fsp3) is 0.125. The Kier molecular flexibility index (Phi) is 6.03. The van der Waals surface area contributed by atoms with E-state index >= 15 is 0 Å². The minimum absolute atomic E-state index is 0.0247. The molecule has 0 spiro atoms. The van der Waals surface area contributed by atoms with Crippen molar-refractivity contribution in [3.05, 3.63) is 83.2 Å². The topological polar surface area (TPSA) is 82.1 Å². The van der Waals surface area contributed by atoms with Gasteiger partial charge in [-0.25, -0.2) is 0 Å². The average molecular weight is 450 g/mol. The van der Waals surface area contributed by atoms with E-state index < -0.39 is 6.61 Å². The van der Waals surface area contributed by atoms with Gasteiger partial charge in [0.1, 0.15) is 11.2 Å². The van der Waals surface area contributed by atoms with Gasteiger partial charge < -0.3 is 14.0 Å². The summed E-state index contributed by atoms with van der Waals surface area (Å²) in [5.74, 6) is 0.329. The molecule has 33 heavy (non-hydrogen) atoms. The lowest BCUT2D eigenvalue weighted by Crippen LogP contribution is -2.22. The molecular formula is C24H20F2N4O3. The number of nitrogens with zero attached hydrogens (tertiary/aromatic N) is 3. The van der Waals surface area contributed by atoms with E-state index in [0.717, 1.165) is 0 Å². The number of nitrogens with one attached hydrogen (secondary N) is 1. The molecule has 0 aliphatic rings. The molecule has 0 amide bonds. The van der Waals surface area contributed by atoms with Gasteiger partial charge in [0.25, 0.3) is 5.56 Å². The van der Waals surface area contributed by atoms with E-state index in [-0.39, 0.29) is 16.8 Å². The van der Waals surface area contributed by atoms with Crippen LogP contribution in [0.4, 0.5) is 8.78 Å². The maximum atomic E-state index is 13.6. The van der Waals surface area contributed by atoms with Crippen LogP contribution in [-0.2, 0) is 0 Å². The number of fused-ring (bicyclic) bond motifs is 1. The quantitative estimate of drug-likeness (QED) is 0.452. The highest BCUT2D eigenvalue weighted by Crippen LogP contribution is 2.25. The Morgan fingerprint density at radius 2 is 1.91 bits per heavy atom. The van der Waals surface area contributed by atoms with Crippen molar-refractivity contribution < 1.29 is 18.3 Å². The van der Waals surface area contributed by atoms with E-state index in [0.29, 0.717) is 40.3 Å². The van der Waals surface area contributed by atoms with Crippen molar-refractivity contribution in [3.63, 3.8) is 0 Å². The zero-order valence-corrected chi connectivity index (χ0v) is 17.7. The maximum absolute atomic E-state index is 13.6. The van der Waals surface area contributed by atoms with Crippen molar-refractivity contribution in [2.24, 2.45) is 0 Å². The third-order valence-corrected chi connectivity index (χ3v) is 4.92. The first-order chi connectivity index (χ1) is 15.9. The molecule has 1 N–H and O–H groups in total. The Morgan fingerprint density at radius 1 is 1.15 bits per heavy atom. The van der Waals surface area contributed by atoms with Gasteiger partial charge in [-0.2, -0.15) is 13.8 Å². The molecular weight excluding hydrogens is 430 g/mol. The fourth-order valence-corrected chi connectivity index (χ4v) is 3.45. The van der Waals surface area contributed by atoms with Crippen molar-refractivity contribution >= 4 is 17.2 Å². The predicted octanol–water partition coefficient (Wildman–Crippen LogP) is 4.43. The number of rotatable bonds is 7. The summed E-state index contributed by atoms with van der Waals surface area (Å²) in [6.07, 6.45) is 3.12. The molecule has 0 radical (unpaired) electrons. The second-order valence-corrected chi connectivity index (χ2v) is 6.96. The maximum Gasteiger partial charge on any atom is 0.387 e. The van der Waals surface area contributed by atoms with E-state index in [2.05, 4.69) is 16.3 Å². The first-order valence-corrected chi connectivity index (χ1v) is 10.1. The summed E-state index contributed by atoms with van der Waals surface area (Å²) < 4.78 is 37.9. The van der Waals surface area contributed by atoms with E-state index in [9.17, 15) is 13.6 Å². The number of pyridine rings is 3. The number of hydrogen-bond donors (Lipinski definition) is 1. The normalized spacial score (nSPS) is 11.0. The van der Waals surface area contributed by atoms with Gasteiger partial charge in [-0.15, -0.1) is 0 Å². The second kappa shape index (κ2) is 9.07. The molecule has 0 saturated carbocycles. The molecule has 4 rings (SSSR count). The number of benzene rings is 1. The van der Waals surface area contributed by atoms with Crippen LogP contribution in [0, 0.1) is 5.41 Å². The third-order valence-electron chi connectivity index (χ3n) is 4.92. The molecule has 0 fully saturated rings. The highest BCUT2D eigenvalue weighted by atomic mass is 19.3. The average Bonchev–Trinajstić information content (AvgIpc) is 2.80. The molecule has 0 aliphatic heterocycles. The van der Waals surface area contributed by atoms with E-state index in [1.165, 1.54) is 39.6 Å². The van der Waals surface area contributed by atoms with Gasteiger partial charge in [0.05, 0.1) is 12.3 Å². The van der Waals surface area contributed by atoms with Gasteiger partial charge in [-0.3, -0.25) is 14.8 Å².